The van der Waals surface area contributed by atoms with Gasteiger partial charge >= 0.3 is 0 Å². The number of imide groups is 1. The molecule has 0 unspecified atom stereocenters. The van der Waals surface area contributed by atoms with E-state index in [0.29, 0.717) is 29.5 Å². The summed E-state index contributed by atoms with van der Waals surface area (Å²) in [6.45, 7) is 6.82. The van der Waals surface area contributed by atoms with Gasteiger partial charge in [-0.25, -0.2) is 9.29 Å². The number of carbonyl (C=O) groups is 2. The molecule has 0 saturated carbocycles. The largest absolute Gasteiger partial charge is 0.494 e. The number of halogens is 1. The highest BCUT2D eigenvalue weighted by molar-refractivity contribution is 6.46. The highest BCUT2D eigenvalue weighted by Crippen LogP contribution is 2.34. The summed E-state index contributed by atoms with van der Waals surface area (Å²) in [5.74, 6) is -0.522. The van der Waals surface area contributed by atoms with Crippen LogP contribution in [0.1, 0.15) is 44.2 Å². The standard InChI is InChI=1S/C28H27FN2O3/c1-4-16-34-24-14-10-20(11-15-24)25-26(30-22-12-8-19(9-13-22)18(2)3)28(33)31(27(25)32)23-7-5-6-21(29)17-23/h5-15,17-18,30H,4,16H2,1-3H3. The van der Waals surface area contributed by atoms with E-state index in [1.54, 1.807) is 30.3 Å². The molecule has 6 heteroatoms. The van der Waals surface area contributed by atoms with E-state index in [2.05, 4.69) is 19.2 Å². The third-order valence-electron chi connectivity index (χ3n) is 5.61. The van der Waals surface area contributed by atoms with Gasteiger partial charge in [-0.1, -0.05) is 51.1 Å². The Labute approximate surface area is 198 Å². The van der Waals surface area contributed by atoms with Crippen LogP contribution < -0.4 is 15.0 Å². The molecule has 4 rings (SSSR count). The van der Waals surface area contributed by atoms with Crippen molar-refractivity contribution in [1.29, 1.82) is 0 Å². The number of amides is 2. The molecule has 5 nitrogen and oxygen atoms in total. The number of hydrogen-bond donors (Lipinski definition) is 1. The molecule has 1 aliphatic heterocycles. The predicted molar refractivity (Wildman–Crippen MR) is 132 cm³/mol. The molecular formula is C28H27FN2O3. The predicted octanol–water partition coefficient (Wildman–Crippen LogP) is 6.13. The van der Waals surface area contributed by atoms with Crippen molar-refractivity contribution in [2.75, 3.05) is 16.8 Å². The molecule has 0 saturated heterocycles. The maximum Gasteiger partial charge on any atom is 0.282 e. The van der Waals surface area contributed by atoms with Crippen LogP contribution in [0.15, 0.2) is 78.5 Å². The number of nitrogens with zero attached hydrogens (tertiary/aromatic N) is 1. The van der Waals surface area contributed by atoms with Gasteiger partial charge in [-0.15, -0.1) is 0 Å². The van der Waals surface area contributed by atoms with E-state index in [-0.39, 0.29) is 17.0 Å². The summed E-state index contributed by atoms with van der Waals surface area (Å²) in [5.41, 5.74) is 2.97. The second-order valence-electron chi connectivity index (χ2n) is 8.45. The van der Waals surface area contributed by atoms with Crippen molar-refractivity contribution in [2.45, 2.75) is 33.1 Å². The van der Waals surface area contributed by atoms with Gasteiger partial charge in [0.25, 0.3) is 11.8 Å². The molecule has 3 aromatic rings. The third kappa shape index (κ3) is 4.71. The highest BCUT2D eigenvalue weighted by atomic mass is 19.1. The zero-order chi connectivity index (χ0) is 24.2. The molecule has 1 N–H and O–H groups in total. The van der Waals surface area contributed by atoms with Crippen molar-refractivity contribution in [2.24, 2.45) is 0 Å². The summed E-state index contributed by atoms with van der Waals surface area (Å²) in [4.78, 5) is 27.9. The summed E-state index contributed by atoms with van der Waals surface area (Å²) in [7, 11) is 0. The Bertz CT molecular complexity index is 1230. The molecule has 0 aliphatic carbocycles. The van der Waals surface area contributed by atoms with Crippen LogP contribution in [0, 0.1) is 5.82 Å². The minimum Gasteiger partial charge on any atom is -0.494 e. The molecule has 0 spiro atoms. The second-order valence-corrected chi connectivity index (χ2v) is 8.45. The van der Waals surface area contributed by atoms with E-state index in [4.69, 9.17) is 4.74 Å². The van der Waals surface area contributed by atoms with Gasteiger partial charge in [0.15, 0.2) is 0 Å². The minimum atomic E-state index is -0.537. The number of anilines is 2. The average molecular weight is 459 g/mol. The van der Waals surface area contributed by atoms with E-state index in [1.165, 1.54) is 18.2 Å². The van der Waals surface area contributed by atoms with Crippen LogP contribution in [-0.4, -0.2) is 18.4 Å². The Morgan fingerprint density at radius 1 is 0.941 bits per heavy atom. The van der Waals surface area contributed by atoms with Crippen molar-refractivity contribution in [3.63, 3.8) is 0 Å². The van der Waals surface area contributed by atoms with Gasteiger partial charge < -0.3 is 10.1 Å². The number of hydrogen-bond acceptors (Lipinski definition) is 4. The van der Waals surface area contributed by atoms with Crippen molar-refractivity contribution < 1.29 is 18.7 Å². The normalized spacial score (nSPS) is 13.7. The monoisotopic (exact) mass is 458 g/mol. The lowest BCUT2D eigenvalue weighted by molar-refractivity contribution is -0.120. The first-order chi connectivity index (χ1) is 16.4. The first kappa shape index (κ1) is 23.2. The first-order valence-electron chi connectivity index (χ1n) is 11.4. The summed E-state index contributed by atoms with van der Waals surface area (Å²) in [6, 6.07) is 20.2. The van der Waals surface area contributed by atoms with Crippen molar-refractivity contribution in [1.82, 2.24) is 0 Å². The lowest BCUT2D eigenvalue weighted by Crippen LogP contribution is -2.32. The van der Waals surface area contributed by atoms with Gasteiger partial charge in [0, 0.05) is 5.69 Å². The van der Waals surface area contributed by atoms with Gasteiger partial charge in [0.1, 0.15) is 17.3 Å². The zero-order valence-corrected chi connectivity index (χ0v) is 19.5. The van der Waals surface area contributed by atoms with Crippen LogP contribution in [0.2, 0.25) is 0 Å². The van der Waals surface area contributed by atoms with Gasteiger partial charge in [-0.3, -0.25) is 9.59 Å². The second kappa shape index (κ2) is 9.91. The van der Waals surface area contributed by atoms with Gasteiger partial charge in [-0.2, -0.15) is 0 Å². The van der Waals surface area contributed by atoms with Crippen molar-refractivity contribution in [3.05, 3.63) is 95.4 Å². The molecular weight excluding hydrogens is 431 g/mol. The van der Waals surface area contributed by atoms with E-state index in [9.17, 15) is 14.0 Å². The molecule has 1 aliphatic rings. The van der Waals surface area contributed by atoms with Crippen LogP contribution in [-0.2, 0) is 9.59 Å². The molecule has 0 atom stereocenters. The molecule has 0 bridgehead atoms. The molecule has 0 aromatic heterocycles. The number of ether oxygens (including phenoxy) is 1. The SMILES string of the molecule is CCCOc1ccc(C2=C(Nc3ccc(C(C)C)cc3)C(=O)N(c3cccc(F)c3)C2=O)cc1. The molecule has 0 fully saturated rings. The molecule has 3 aromatic carbocycles. The minimum absolute atomic E-state index is 0.147. The average Bonchev–Trinajstić information content (AvgIpc) is 3.07. The van der Waals surface area contributed by atoms with Crippen LogP contribution in [0.4, 0.5) is 15.8 Å². The summed E-state index contributed by atoms with van der Waals surface area (Å²) >= 11 is 0. The Balaban J connectivity index is 1.74. The maximum absolute atomic E-state index is 13.9. The lowest BCUT2D eigenvalue weighted by atomic mass is 10.0. The van der Waals surface area contributed by atoms with Gasteiger partial charge in [0.2, 0.25) is 0 Å². The van der Waals surface area contributed by atoms with Crippen LogP contribution in [0.25, 0.3) is 5.57 Å². The summed E-state index contributed by atoms with van der Waals surface area (Å²) in [6.07, 6.45) is 0.881. The topological polar surface area (TPSA) is 58.6 Å². The summed E-state index contributed by atoms with van der Waals surface area (Å²) < 4.78 is 19.5. The Morgan fingerprint density at radius 2 is 1.65 bits per heavy atom. The van der Waals surface area contributed by atoms with Crippen LogP contribution in [0.3, 0.4) is 0 Å². The number of benzene rings is 3. The fourth-order valence-corrected chi connectivity index (χ4v) is 3.80. The molecule has 34 heavy (non-hydrogen) atoms. The van der Waals surface area contributed by atoms with Crippen LogP contribution >= 0.6 is 0 Å². The van der Waals surface area contributed by atoms with Crippen molar-refractivity contribution >= 4 is 28.8 Å². The fraction of sp³-hybridized carbons (Fsp3) is 0.214. The molecule has 2 amide bonds. The molecule has 0 radical (unpaired) electrons. The smallest absolute Gasteiger partial charge is 0.282 e. The molecule has 174 valence electrons. The number of carbonyl (C=O) groups excluding carboxylic acids is 2. The molecule has 1 heterocycles. The van der Waals surface area contributed by atoms with Gasteiger partial charge in [-0.05, 0) is 65.9 Å². The van der Waals surface area contributed by atoms with E-state index >= 15 is 0 Å². The number of rotatable bonds is 8. The summed E-state index contributed by atoms with van der Waals surface area (Å²) in [5, 5.41) is 3.14. The Kier molecular flexibility index (Phi) is 6.77. The fourth-order valence-electron chi connectivity index (χ4n) is 3.80. The van der Waals surface area contributed by atoms with Gasteiger partial charge in [0.05, 0.1) is 17.9 Å². The lowest BCUT2D eigenvalue weighted by Gasteiger charge is -2.15. The Morgan fingerprint density at radius 3 is 2.26 bits per heavy atom. The van der Waals surface area contributed by atoms with E-state index in [1.807, 2.05) is 31.2 Å². The third-order valence-corrected chi connectivity index (χ3v) is 5.61. The Hall–Kier alpha value is -3.93. The van der Waals surface area contributed by atoms with Crippen molar-refractivity contribution in [3.8, 4) is 5.75 Å². The maximum atomic E-state index is 13.9. The highest BCUT2D eigenvalue weighted by Gasteiger charge is 2.40. The quantitative estimate of drug-likeness (QED) is 0.412. The van der Waals surface area contributed by atoms with Crippen LogP contribution in [0.5, 0.6) is 5.75 Å². The first-order valence-corrected chi connectivity index (χ1v) is 11.4. The van der Waals surface area contributed by atoms with E-state index in [0.717, 1.165) is 16.9 Å². The van der Waals surface area contributed by atoms with E-state index < -0.39 is 17.6 Å². The zero-order valence-electron chi connectivity index (χ0n) is 19.5. The number of nitrogens with one attached hydrogen (secondary N) is 1.